The van der Waals surface area contributed by atoms with Crippen molar-refractivity contribution in [1.82, 2.24) is 29.5 Å². The molecule has 1 spiro atoms. The number of nitrogens with zero attached hydrogens (tertiary/aromatic N) is 6. The van der Waals surface area contributed by atoms with Crippen molar-refractivity contribution in [3.63, 3.8) is 0 Å². The second-order valence-corrected chi connectivity index (χ2v) is 24.5. The monoisotopic (exact) mass is 1110 g/mol. The number of benzene rings is 3. The minimum absolute atomic E-state index is 0.0193. The maximum absolute atomic E-state index is 15.0. The Labute approximate surface area is 464 Å². The quantitative estimate of drug-likeness (QED) is 0.0491. The number of methoxy groups -OCH3 is 2. The summed E-state index contributed by atoms with van der Waals surface area (Å²) in [5, 5.41) is 26.8. The van der Waals surface area contributed by atoms with Crippen molar-refractivity contribution in [2.75, 3.05) is 70.2 Å². The first-order valence-corrected chi connectivity index (χ1v) is 28.9. The molecule has 7 aromatic rings. The fourth-order valence-corrected chi connectivity index (χ4v) is 13.6. The lowest BCUT2D eigenvalue weighted by atomic mass is 9.69. The molecule has 3 saturated heterocycles. The molecule has 3 aliphatic heterocycles. The van der Waals surface area contributed by atoms with Crippen molar-refractivity contribution in [1.29, 1.82) is 0 Å². The molecule has 4 fully saturated rings. The van der Waals surface area contributed by atoms with Gasteiger partial charge < -0.3 is 38.9 Å². The van der Waals surface area contributed by atoms with Gasteiger partial charge in [0.15, 0.2) is 17.1 Å². The van der Waals surface area contributed by atoms with Crippen molar-refractivity contribution >= 4 is 55.1 Å². The second-order valence-electron chi connectivity index (χ2n) is 22.8. The molecule has 2 unspecified atom stereocenters. The van der Waals surface area contributed by atoms with Gasteiger partial charge in [0.2, 0.25) is 5.82 Å². The number of piperidine rings is 2. The van der Waals surface area contributed by atoms with Crippen LogP contribution in [-0.2, 0) is 16.6 Å². The summed E-state index contributed by atoms with van der Waals surface area (Å²) in [6.07, 6.45) is 9.30. The van der Waals surface area contributed by atoms with Crippen LogP contribution in [0.3, 0.4) is 0 Å². The van der Waals surface area contributed by atoms with E-state index < -0.39 is 42.9 Å². The Morgan fingerprint density at radius 1 is 0.963 bits per heavy atom. The highest BCUT2D eigenvalue weighted by Crippen LogP contribution is 2.48. The van der Waals surface area contributed by atoms with Gasteiger partial charge in [0.25, 0.3) is 21.8 Å². The minimum atomic E-state index is -4.75. The van der Waals surface area contributed by atoms with Gasteiger partial charge in [-0.2, -0.15) is 4.98 Å². The van der Waals surface area contributed by atoms with Crippen LogP contribution in [0.1, 0.15) is 105 Å². The van der Waals surface area contributed by atoms with E-state index in [2.05, 4.69) is 83.9 Å². The highest BCUT2D eigenvalue weighted by atomic mass is 32.2. The van der Waals surface area contributed by atoms with E-state index in [1.807, 2.05) is 12.1 Å². The third kappa shape index (κ3) is 11.0. The van der Waals surface area contributed by atoms with Crippen LogP contribution in [0, 0.1) is 27.3 Å². The fourth-order valence-electron chi connectivity index (χ4n) is 12.6. The molecule has 1 amide bonds. The average Bonchev–Trinajstić information content (AvgIpc) is 4.21. The predicted molar refractivity (Wildman–Crippen MR) is 301 cm³/mol. The van der Waals surface area contributed by atoms with E-state index in [9.17, 15) is 32.8 Å². The highest BCUT2D eigenvalue weighted by Gasteiger charge is 2.50. The van der Waals surface area contributed by atoms with Crippen LogP contribution in [0.25, 0.3) is 22.0 Å². The van der Waals surface area contributed by atoms with Crippen LogP contribution in [0.4, 0.5) is 21.6 Å². The summed E-state index contributed by atoms with van der Waals surface area (Å²) in [5.41, 5.74) is 4.30. The molecule has 0 radical (unpaired) electrons. The number of likely N-dealkylation sites (tertiary alicyclic amines) is 2. The Bertz CT molecular complexity index is 3560. The first kappa shape index (κ1) is 54.6. The lowest BCUT2D eigenvalue weighted by molar-refractivity contribution is -0.384. The topological polar surface area (TPSA) is 231 Å². The number of aromatic nitrogens is 3. The molecule has 1 saturated carbocycles. The van der Waals surface area contributed by atoms with Crippen molar-refractivity contribution in [2.45, 2.75) is 101 Å². The maximum Gasteiger partial charge on any atom is 0.312 e. The number of halogens is 1. The third-order valence-corrected chi connectivity index (χ3v) is 18.5. The van der Waals surface area contributed by atoms with E-state index in [1.54, 1.807) is 32.4 Å². The summed E-state index contributed by atoms with van der Waals surface area (Å²) in [6, 6.07) is 22.6. The van der Waals surface area contributed by atoms with Crippen LogP contribution in [-0.4, -0.2) is 121 Å². The maximum atomic E-state index is 15.0. The van der Waals surface area contributed by atoms with Crippen LogP contribution < -0.4 is 29.1 Å². The second kappa shape index (κ2) is 22.0. The lowest BCUT2D eigenvalue weighted by Crippen LogP contribution is -2.65. The van der Waals surface area contributed by atoms with Gasteiger partial charge in [-0.3, -0.25) is 24.7 Å². The SMILES string of the molecule is COc1nc2[nH]cc(F)c2cc1Oc1cc(N2CCC3(CC2)CN(C2CCN(Cc4ccc(OC)c5occc45)CC2c2ccccc2C(C)C)C3)ccc1C(=O)NS(=O)(=O)c1cnc(NCC2CCC(C)(O)CC2)c([N+](=O)[O-])c1. The Kier molecular flexibility index (Phi) is 15.0. The number of aromatic amines is 1. The Morgan fingerprint density at radius 2 is 1.74 bits per heavy atom. The number of rotatable bonds is 17. The van der Waals surface area contributed by atoms with Gasteiger partial charge in [0, 0.05) is 99.8 Å². The number of sulfonamides is 1. The van der Waals surface area contributed by atoms with Gasteiger partial charge in [-0.1, -0.05) is 44.2 Å². The molecule has 4 aliphatic rings. The molecule has 80 heavy (non-hydrogen) atoms. The van der Waals surface area contributed by atoms with E-state index in [4.69, 9.17) is 18.6 Å². The lowest BCUT2D eigenvalue weighted by Gasteiger charge is -2.59. The molecule has 21 heteroatoms. The number of ether oxygens (including phenoxy) is 3. The number of aliphatic hydroxyl groups is 1. The fraction of sp³-hybridized carbons (Fsp3) is 0.441. The number of hydrogen-bond acceptors (Lipinski definition) is 16. The number of furan rings is 1. The normalized spacial score (nSPS) is 21.6. The molecule has 4 N–H and O–H groups in total. The van der Waals surface area contributed by atoms with E-state index in [1.165, 1.54) is 35.9 Å². The molecule has 19 nitrogen and oxygen atoms in total. The number of carbonyl (C=O) groups is 1. The van der Waals surface area contributed by atoms with Crippen molar-refractivity contribution in [3.05, 3.63) is 130 Å². The smallest absolute Gasteiger partial charge is 0.312 e. The average molecular weight is 1110 g/mol. The van der Waals surface area contributed by atoms with Crippen LogP contribution in [0.15, 0.2) is 101 Å². The largest absolute Gasteiger partial charge is 0.493 e. The van der Waals surface area contributed by atoms with Crippen LogP contribution in [0.5, 0.6) is 23.1 Å². The Hall–Kier alpha value is -7.33. The molecule has 2 atom stereocenters. The summed E-state index contributed by atoms with van der Waals surface area (Å²) in [5.74, 6) is -0.372. The van der Waals surface area contributed by atoms with Crippen LogP contribution in [0.2, 0.25) is 0 Å². The summed E-state index contributed by atoms with van der Waals surface area (Å²) in [7, 11) is -1.72. The number of anilines is 2. The molecular formula is C59H68FN9O10S. The van der Waals surface area contributed by atoms with Crippen molar-refractivity contribution in [3.8, 4) is 23.1 Å². The zero-order chi connectivity index (χ0) is 56.1. The summed E-state index contributed by atoms with van der Waals surface area (Å²) in [6.45, 7) is 12.7. The standard InChI is InChI=1S/C59H68FN9O10S/c1-36(2)41-8-6-7-9-43(41)46-33-66(32-38-10-13-50(76-4)53-42(38)17-25-78-53)22-16-48(46)68-34-59(35-68)20-23-67(24-21-59)39-11-12-44(51(26-39)79-52-28-45-47(60)31-63-54(45)64-57(52)77-5)56(70)65-80(74,75)40-27-49(69(72)73)55(62-30-40)61-29-37-14-18-58(3,71)19-15-37/h6-13,17,25-28,30-31,36-37,46,48,71H,14-16,18-24,29,32-35H2,1-5H3,(H,61,62)(H,63,64)(H,65,70). The zero-order valence-corrected chi connectivity index (χ0v) is 46.5. The molecule has 1 aliphatic carbocycles. The molecule has 4 aromatic heterocycles. The number of amides is 1. The third-order valence-electron chi connectivity index (χ3n) is 17.2. The summed E-state index contributed by atoms with van der Waals surface area (Å²) in [4.78, 5) is 43.9. The predicted octanol–water partition coefficient (Wildman–Crippen LogP) is 10.1. The molecule has 422 valence electrons. The summed E-state index contributed by atoms with van der Waals surface area (Å²) >= 11 is 0. The highest BCUT2D eigenvalue weighted by molar-refractivity contribution is 7.90. The van der Waals surface area contributed by atoms with Gasteiger partial charge >= 0.3 is 5.69 Å². The Morgan fingerprint density at radius 3 is 2.48 bits per heavy atom. The summed E-state index contributed by atoms with van der Waals surface area (Å²) < 4.78 is 68.2. The van der Waals surface area contributed by atoms with E-state index >= 15 is 0 Å². The first-order valence-electron chi connectivity index (χ1n) is 27.4. The Balaban J connectivity index is 0.805. The van der Waals surface area contributed by atoms with E-state index in [0.29, 0.717) is 63.2 Å². The minimum Gasteiger partial charge on any atom is -0.493 e. The van der Waals surface area contributed by atoms with Gasteiger partial charge in [-0.15, -0.1) is 0 Å². The van der Waals surface area contributed by atoms with Crippen LogP contribution >= 0.6 is 0 Å². The van der Waals surface area contributed by atoms with E-state index in [-0.39, 0.29) is 51.1 Å². The van der Waals surface area contributed by atoms with Crippen molar-refractivity contribution in [2.24, 2.45) is 11.3 Å². The van der Waals surface area contributed by atoms with Gasteiger partial charge in [0.05, 0.1) is 48.2 Å². The number of pyridine rings is 2. The first-order chi connectivity index (χ1) is 38.4. The zero-order valence-electron chi connectivity index (χ0n) is 45.7. The number of nitrogens with one attached hydrogen (secondary N) is 3. The van der Waals surface area contributed by atoms with E-state index in [0.717, 1.165) is 92.9 Å². The number of fused-ring (bicyclic) bond motifs is 2. The molecule has 11 rings (SSSR count). The number of carbonyl (C=O) groups excluding carboxylic acids is 1. The van der Waals surface area contributed by atoms with Gasteiger partial charge in [-0.25, -0.2) is 22.5 Å². The van der Waals surface area contributed by atoms with Gasteiger partial charge in [0.1, 0.15) is 22.1 Å². The number of hydrogen-bond donors (Lipinski definition) is 4. The molecule has 3 aromatic carbocycles. The number of H-pyrrole nitrogens is 1. The molecule has 0 bridgehead atoms. The van der Waals surface area contributed by atoms with Gasteiger partial charge in [-0.05, 0) is 110 Å². The number of nitro groups is 1. The van der Waals surface area contributed by atoms with Crippen molar-refractivity contribution < 1.29 is 46.3 Å². The molecular weight excluding hydrogens is 1050 g/mol. The molecule has 7 heterocycles.